The summed E-state index contributed by atoms with van der Waals surface area (Å²) in [6.07, 6.45) is 2.16. The third-order valence-electron chi connectivity index (χ3n) is 3.15. The molecule has 1 aliphatic heterocycles. The summed E-state index contributed by atoms with van der Waals surface area (Å²) in [6, 6.07) is 9.90. The van der Waals surface area contributed by atoms with Crippen LogP contribution in [-0.4, -0.2) is 23.3 Å². The van der Waals surface area contributed by atoms with Crippen molar-refractivity contribution in [1.29, 1.82) is 0 Å². The quantitative estimate of drug-likeness (QED) is 0.857. The molecule has 0 radical (unpaired) electrons. The summed E-state index contributed by atoms with van der Waals surface area (Å²) in [5, 5.41) is 11.6. The molecule has 3 rings (SSSR count). The zero-order valence-electron chi connectivity index (χ0n) is 9.60. The third-order valence-corrected chi connectivity index (χ3v) is 3.15. The van der Waals surface area contributed by atoms with E-state index in [1.807, 2.05) is 30.3 Å². The number of benzene rings is 1. The van der Waals surface area contributed by atoms with Crippen LogP contribution in [-0.2, 0) is 0 Å². The monoisotopic (exact) mass is 229 g/mol. The molecule has 2 aromatic rings. The average molecular weight is 229 g/mol. The Hall–Kier alpha value is -1.68. The fraction of sp³-hybridized carbons (Fsp3) is 0.385. The number of nitrogens with zero attached hydrogens (tertiary/aromatic N) is 2. The lowest BCUT2D eigenvalue weighted by Crippen LogP contribution is -2.26. The lowest BCUT2D eigenvalue weighted by Gasteiger charge is -2.18. The molecule has 1 saturated heterocycles. The van der Waals surface area contributed by atoms with E-state index in [4.69, 9.17) is 4.42 Å². The van der Waals surface area contributed by atoms with Crippen molar-refractivity contribution < 1.29 is 4.42 Å². The van der Waals surface area contributed by atoms with E-state index in [9.17, 15) is 0 Å². The third kappa shape index (κ3) is 2.22. The Morgan fingerprint density at radius 2 is 1.82 bits per heavy atom. The first-order valence-electron chi connectivity index (χ1n) is 6.03. The van der Waals surface area contributed by atoms with Crippen LogP contribution in [0.15, 0.2) is 34.7 Å². The van der Waals surface area contributed by atoms with Gasteiger partial charge in [-0.15, -0.1) is 10.2 Å². The van der Waals surface area contributed by atoms with Crippen LogP contribution >= 0.6 is 0 Å². The van der Waals surface area contributed by atoms with E-state index in [1.165, 1.54) is 0 Å². The number of piperidine rings is 1. The van der Waals surface area contributed by atoms with Crippen LogP contribution < -0.4 is 5.32 Å². The maximum atomic E-state index is 5.76. The van der Waals surface area contributed by atoms with Gasteiger partial charge < -0.3 is 9.73 Å². The van der Waals surface area contributed by atoms with E-state index in [1.54, 1.807) is 0 Å². The average Bonchev–Trinajstić information content (AvgIpc) is 2.90. The molecule has 0 spiro atoms. The zero-order valence-corrected chi connectivity index (χ0v) is 9.60. The zero-order chi connectivity index (χ0) is 11.5. The minimum absolute atomic E-state index is 0.418. The largest absolute Gasteiger partial charge is 0.420 e. The number of nitrogens with one attached hydrogen (secondary N) is 1. The fourth-order valence-electron chi connectivity index (χ4n) is 2.17. The van der Waals surface area contributed by atoms with Gasteiger partial charge in [-0.05, 0) is 38.1 Å². The molecular formula is C13H15N3O. The van der Waals surface area contributed by atoms with Gasteiger partial charge in [-0.2, -0.15) is 0 Å². The highest BCUT2D eigenvalue weighted by Crippen LogP contribution is 2.26. The van der Waals surface area contributed by atoms with Gasteiger partial charge >= 0.3 is 0 Å². The second-order valence-electron chi connectivity index (χ2n) is 4.34. The highest BCUT2D eigenvalue weighted by Gasteiger charge is 2.21. The highest BCUT2D eigenvalue weighted by molar-refractivity contribution is 5.51. The van der Waals surface area contributed by atoms with Gasteiger partial charge in [0, 0.05) is 11.5 Å². The molecule has 0 atom stereocenters. The van der Waals surface area contributed by atoms with Crippen molar-refractivity contribution in [2.24, 2.45) is 0 Å². The molecule has 4 nitrogen and oxygen atoms in total. The molecule has 88 valence electrons. The summed E-state index contributed by atoms with van der Waals surface area (Å²) >= 11 is 0. The maximum absolute atomic E-state index is 5.76. The van der Waals surface area contributed by atoms with Crippen molar-refractivity contribution in [2.45, 2.75) is 18.8 Å². The van der Waals surface area contributed by atoms with Gasteiger partial charge in [-0.25, -0.2) is 0 Å². The summed E-state index contributed by atoms with van der Waals surface area (Å²) in [5.41, 5.74) is 0.986. The molecule has 1 N–H and O–H groups in total. The molecule has 0 saturated carbocycles. The van der Waals surface area contributed by atoms with Crippen LogP contribution in [0, 0.1) is 0 Å². The molecule has 0 amide bonds. The Morgan fingerprint density at radius 1 is 1.06 bits per heavy atom. The van der Waals surface area contributed by atoms with Crippen LogP contribution in [0.5, 0.6) is 0 Å². The SMILES string of the molecule is c1ccc(-c2nnc(C3CCNCC3)o2)cc1. The normalized spacial score (nSPS) is 17.2. The van der Waals surface area contributed by atoms with Gasteiger partial charge in [-0.3, -0.25) is 0 Å². The second kappa shape index (κ2) is 4.67. The maximum Gasteiger partial charge on any atom is 0.247 e. The molecule has 2 heterocycles. The van der Waals surface area contributed by atoms with Gasteiger partial charge in [0.15, 0.2) is 0 Å². The molecule has 0 bridgehead atoms. The van der Waals surface area contributed by atoms with Crippen molar-refractivity contribution in [3.63, 3.8) is 0 Å². The van der Waals surface area contributed by atoms with Crippen LogP contribution in [0.25, 0.3) is 11.5 Å². The molecule has 1 aromatic carbocycles. The Labute approximate surface area is 100 Å². The lowest BCUT2D eigenvalue weighted by atomic mass is 9.98. The van der Waals surface area contributed by atoms with Crippen molar-refractivity contribution in [2.75, 3.05) is 13.1 Å². The van der Waals surface area contributed by atoms with Crippen molar-refractivity contribution in [3.05, 3.63) is 36.2 Å². The highest BCUT2D eigenvalue weighted by atomic mass is 16.4. The molecule has 4 heteroatoms. The van der Waals surface area contributed by atoms with Crippen molar-refractivity contribution in [3.8, 4) is 11.5 Å². The smallest absolute Gasteiger partial charge is 0.247 e. The molecule has 0 unspecified atom stereocenters. The van der Waals surface area contributed by atoms with Gasteiger partial charge in [0.1, 0.15) is 0 Å². The Balaban J connectivity index is 1.83. The first kappa shape index (κ1) is 10.5. The number of rotatable bonds is 2. The van der Waals surface area contributed by atoms with E-state index >= 15 is 0 Å². The summed E-state index contributed by atoms with van der Waals surface area (Å²) in [4.78, 5) is 0. The van der Waals surface area contributed by atoms with E-state index in [0.717, 1.165) is 37.4 Å². The standard InChI is InChI=1S/C13H15N3O/c1-2-4-10(5-3-1)12-15-16-13(17-12)11-6-8-14-9-7-11/h1-5,11,14H,6-9H2. The molecule has 1 aromatic heterocycles. The van der Waals surface area contributed by atoms with E-state index in [0.29, 0.717) is 11.8 Å². The van der Waals surface area contributed by atoms with E-state index in [2.05, 4.69) is 15.5 Å². The number of hydrogen-bond acceptors (Lipinski definition) is 4. The number of hydrogen-bond donors (Lipinski definition) is 1. The van der Waals surface area contributed by atoms with Crippen molar-refractivity contribution in [1.82, 2.24) is 15.5 Å². The van der Waals surface area contributed by atoms with E-state index in [-0.39, 0.29) is 0 Å². The second-order valence-corrected chi connectivity index (χ2v) is 4.34. The molecule has 1 aliphatic rings. The summed E-state index contributed by atoms with van der Waals surface area (Å²) < 4.78 is 5.76. The number of aromatic nitrogens is 2. The first-order valence-corrected chi connectivity index (χ1v) is 6.03. The lowest BCUT2D eigenvalue weighted by molar-refractivity contribution is 0.378. The van der Waals surface area contributed by atoms with Crippen LogP contribution in [0.3, 0.4) is 0 Å². The molecule has 17 heavy (non-hydrogen) atoms. The summed E-state index contributed by atoms with van der Waals surface area (Å²) in [7, 11) is 0. The predicted molar refractivity (Wildman–Crippen MR) is 64.6 cm³/mol. The van der Waals surface area contributed by atoms with Crippen LogP contribution in [0.2, 0.25) is 0 Å². The van der Waals surface area contributed by atoms with Gasteiger partial charge in [0.2, 0.25) is 11.8 Å². The summed E-state index contributed by atoms with van der Waals surface area (Å²) in [5.74, 6) is 1.82. The summed E-state index contributed by atoms with van der Waals surface area (Å²) in [6.45, 7) is 2.07. The van der Waals surface area contributed by atoms with Gasteiger partial charge in [0.05, 0.1) is 0 Å². The molecule has 0 aliphatic carbocycles. The van der Waals surface area contributed by atoms with Crippen LogP contribution in [0.4, 0.5) is 0 Å². The molecule has 1 fully saturated rings. The Morgan fingerprint density at radius 3 is 2.59 bits per heavy atom. The Bertz CT molecular complexity index is 474. The Kier molecular flexibility index (Phi) is 2.88. The fourth-order valence-corrected chi connectivity index (χ4v) is 2.17. The van der Waals surface area contributed by atoms with E-state index < -0.39 is 0 Å². The van der Waals surface area contributed by atoms with Crippen molar-refractivity contribution >= 4 is 0 Å². The minimum atomic E-state index is 0.418. The van der Waals surface area contributed by atoms with Gasteiger partial charge in [0.25, 0.3) is 0 Å². The minimum Gasteiger partial charge on any atom is -0.420 e. The van der Waals surface area contributed by atoms with Gasteiger partial charge in [-0.1, -0.05) is 18.2 Å². The topological polar surface area (TPSA) is 51.0 Å². The van der Waals surface area contributed by atoms with Crippen LogP contribution in [0.1, 0.15) is 24.7 Å². The predicted octanol–water partition coefficient (Wildman–Crippen LogP) is 2.20. The first-order chi connectivity index (χ1) is 8.43. The molecular weight excluding hydrogens is 214 g/mol.